The lowest BCUT2D eigenvalue weighted by Gasteiger charge is -2.22. The molecular formula is C20H18FN3O3S. The molecule has 0 aliphatic carbocycles. The van der Waals surface area contributed by atoms with Crippen molar-refractivity contribution in [1.82, 2.24) is 4.98 Å². The second-order valence-corrected chi connectivity index (χ2v) is 7.27. The van der Waals surface area contributed by atoms with Crippen LogP contribution in [-0.2, 0) is 6.42 Å². The van der Waals surface area contributed by atoms with Gasteiger partial charge in [-0.25, -0.2) is 14.2 Å². The van der Waals surface area contributed by atoms with E-state index in [1.165, 1.54) is 23.2 Å². The van der Waals surface area contributed by atoms with E-state index in [-0.39, 0.29) is 11.8 Å². The quantitative estimate of drug-likeness (QED) is 0.665. The highest BCUT2D eigenvalue weighted by Gasteiger charge is 2.17. The summed E-state index contributed by atoms with van der Waals surface area (Å²) in [6.07, 6.45) is 3.40. The maximum Gasteiger partial charge on any atom is 0.327 e. The third kappa shape index (κ3) is 4.07. The number of urea groups is 1. The maximum atomic E-state index is 13.2. The van der Waals surface area contributed by atoms with E-state index >= 15 is 0 Å². The van der Waals surface area contributed by atoms with Gasteiger partial charge in [0.2, 0.25) is 5.06 Å². The summed E-state index contributed by atoms with van der Waals surface area (Å²) in [5.41, 5.74) is 1.87. The molecule has 2 amide bonds. The molecule has 0 unspecified atom stereocenters. The van der Waals surface area contributed by atoms with Crippen LogP contribution < -0.4 is 19.7 Å². The number of hydrogen-bond acceptors (Lipinski definition) is 5. The number of aromatic nitrogens is 1. The van der Waals surface area contributed by atoms with E-state index in [0.717, 1.165) is 47.8 Å². The summed E-state index contributed by atoms with van der Waals surface area (Å²) in [5, 5.41) is 3.59. The highest BCUT2D eigenvalue weighted by molar-refractivity contribution is 7.17. The molecule has 1 aliphatic rings. The first-order chi connectivity index (χ1) is 13.6. The molecule has 28 heavy (non-hydrogen) atoms. The van der Waals surface area contributed by atoms with Crippen LogP contribution >= 0.6 is 11.3 Å². The SMILES string of the molecule is CN(C(=O)Nc1ncc(Oc2cccc(F)c2)s1)c1ccc2c(c1)CCCO2. The van der Waals surface area contributed by atoms with Gasteiger partial charge in [-0.15, -0.1) is 0 Å². The lowest BCUT2D eigenvalue weighted by atomic mass is 10.1. The topological polar surface area (TPSA) is 63.7 Å². The smallest absolute Gasteiger partial charge is 0.327 e. The Hall–Kier alpha value is -3.13. The predicted octanol–water partition coefficient (Wildman–Crippen LogP) is 5.07. The van der Waals surface area contributed by atoms with Crippen molar-refractivity contribution in [2.75, 3.05) is 23.9 Å². The maximum absolute atomic E-state index is 13.2. The van der Waals surface area contributed by atoms with Gasteiger partial charge < -0.3 is 9.47 Å². The Balaban J connectivity index is 1.41. The summed E-state index contributed by atoms with van der Waals surface area (Å²) in [6, 6.07) is 11.2. The second kappa shape index (κ2) is 7.85. The largest absolute Gasteiger partial charge is 0.493 e. The van der Waals surface area contributed by atoms with Crippen LogP contribution in [0.2, 0.25) is 0 Å². The molecule has 0 fully saturated rings. The van der Waals surface area contributed by atoms with Crippen LogP contribution in [0.4, 0.5) is 20.0 Å². The number of nitrogens with zero attached hydrogens (tertiary/aromatic N) is 2. The number of halogens is 1. The molecule has 0 saturated heterocycles. The van der Waals surface area contributed by atoms with Gasteiger partial charge in [0.25, 0.3) is 0 Å². The number of aryl methyl sites for hydroxylation is 1. The number of carbonyl (C=O) groups excluding carboxylic acids is 1. The monoisotopic (exact) mass is 399 g/mol. The minimum absolute atomic E-state index is 0.316. The van der Waals surface area contributed by atoms with Crippen molar-refractivity contribution in [3.05, 3.63) is 60.0 Å². The van der Waals surface area contributed by atoms with Crippen molar-refractivity contribution >= 4 is 28.2 Å². The summed E-state index contributed by atoms with van der Waals surface area (Å²) in [7, 11) is 1.69. The lowest BCUT2D eigenvalue weighted by Crippen LogP contribution is -2.31. The van der Waals surface area contributed by atoms with E-state index in [1.807, 2.05) is 18.2 Å². The summed E-state index contributed by atoms with van der Waals surface area (Å²) in [5.74, 6) is 0.866. The molecule has 6 nitrogen and oxygen atoms in total. The standard InChI is InChI=1S/C20H18FN3O3S/c1-24(15-7-8-17-13(10-15)4-3-9-26-17)20(25)23-19-22-12-18(28-19)27-16-6-2-5-14(21)11-16/h2,5-8,10-12H,3-4,9H2,1H3,(H,22,23,25). The summed E-state index contributed by atoms with van der Waals surface area (Å²) >= 11 is 1.16. The number of carbonyl (C=O) groups is 1. The van der Waals surface area contributed by atoms with Crippen LogP contribution in [0.1, 0.15) is 12.0 Å². The molecule has 0 saturated carbocycles. The number of fused-ring (bicyclic) bond motifs is 1. The van der Waals surface area contributed by atoms with Crippen LogP contribution in [-0.4, -0.2) is 24.7 Å². The number of nitrogens with one attached hydrogen (secondary N) is 1. The molecule has 3 aromatic rings. The fourth-order valence-corrected chi connectivity index (χ4v) is 3.54. The Morgan fingerprint density at radius 3 is 3.07 bits per heavy atom. The van der Waals surface area contributed by atoms with Gasteiger partial charge in [0.15, 0.2) is 5.13 Å². The van der Waals surface area contributed by atoms with E-state index in [0.29, 0.717) is 15.9 Å². The molecule has 0 bridgehead atoms. The average Bonchev–Trinajstić information content (AvgIpc) is 3.13. The second-order valence-electron chi connectivity index (χ2n) is 6.28. The molecular weight excluding hydrogens is 381 g/mol. The molecule has 2 heterocycles. The number of thiazole rings is 1. The molecule has 0 spiro atoms. The Morgan fingerprint density at radius 1 is 1.32 bits per heavy atom. The zero-order valence-corrected chi connectivity index (χ0v) is 16.0. The summed E-state index contributed by atoms with van der Waals surface area (Å²) in [6.45, 7) is 0.729. The molecule has 8 heteroatoms. The third-order valence-electron chi connectivity index (χ3n) is 4.30. The van der Waals surface area contributed by atoms with Crippen LogP contribution in [0.25, 0.3) is 0 Å². The van der Waals surface area contributed by atoms with Crippen molar-refractivity contribution in [2.24, 2.45) is 0 Å². The van der Waals surface area contributed by atoms with Crippen LogP contribution in [0.3, 0.4) is 0 Å². The molecule has 2 aromatic carbocycles. The van der Waals surface area contributed by atoms with Gasteiger partial charge in [0.1, 0.15) is 17.3 Å². The Bertz CT molecular complexity index is 1010. The first-order valence-corrected chi connectivity index (χ1v) is 9.60. The fraction of sp³-hybridized carbons (Fsp3) is 0.200. The van der Waals surface area contributed by atoms with Gasteiger partial charge >= 0.3 is 6.03 Å². The molecule has 0 atom stereocenters. The molecule has 144 valence electrons. The number of rotatable bonds is 4. The Labute approximate surface area is 165 Å². The van der Waals surface area contributed by atoms with Gasteiger partial charge in [-0.3, -0.25) is 10.2 Å². The van der Waals surface area contributed by atoms with Crippen molar-refractivity contribution in [2.45, 2.75) is 12.8 Å². The average molecular weight is 399 g/mol. The van der Waals surface area contributed by atoms with E-state index in [9.17, 15) is 9.18 Å². The van der Waals surface area contributed by atoms with Gasteiger partial charge in [-0.05, 0) is 48.7 Å². The highest BCUT2D eigenvalue weighted by Crippen LogP contribution is 2.32. The van der Waals surface area contributed by atoms with E-state index in [2.05, 4.69) is 10.3 Å². The molecule has 4 rings (SSSR count). The Morgan fingerprint density at radius 2 is 2.21 bits per heavy atom. The van der Waals surface area contributed by atoms with E-state index < -0.39 is 0 Å². The number of benzene rings is 2. The van der Waals surface area contributed by atoms with Gasteiger partial charge in [-0.2, -0.15) is 0 Å². The fourth-order valence-electron chi connectivity index (χ4n) is 2.86. The first kappa shape index (κ1) is 18.2. The summed E-state index contributed by atoms with van der Waals surface area (Å²) < 4.78 is 24.4. The number of anilines is 2. The van der Waals surface area contributed by atoms with Crippen molar-refractivity contribution in [1.29, 1.82) is 0 Å². The molecule has 1 aromatic heterocycles. The van der Waals surface area contributed by atoms with Crippen molar-refractivity contribution in [3.63, 3.8) is 0 Å². The van der Waals surface area contributed by atoms with Crippen LogP contribution in [0, 0.1) is 5.82 Å². The highest BCUT2D eigenvalue weighted by atomic mass is 32.1. The number of ether oxygens (including phenoxy) is 2. The Kier molecular flexibility index (Phi) is 5.12. The van der Waals surface area contributed by atoms with Crippen molar-refractivity contribution < 1.29 is 18.7 Å². The van der Waals surface area contributed by atoms with Gasteiger partial charge in [-0.1, -0.05) is 17.4 Å². The minimum Gasteiger partial charge on any atom is -0.493 e. The summed E-state index contributed by atoms with van der Waals surface area (Å²) in [4.78, 5) is 18.2. The number of hydrogen-bond donors (Lipinski definition) is 1. The van der Waals surface area contributed by atoms with E-state index in [4.69, 9.17) is 9.47 Å². The lowest BCUT2D eigenvalue weighted by molar-refractivity contribution is 0.258. The van der Waals surface area contributed by atoms with Crippen molar-refractivity contribution in [3.8, 4) is 16.6 Å². The van der Waals surface area contributed by atoms with Gasteiger partial charge in [0, 0.05) is 18.8 Å². The van der Waals surface area contributed by atoms with Crippen LogP contribution in [0.5, 0.6) is 16.6 Å². The molecule has 0 radical (unpaired) electrons. The normalized spacial score (nSPS) is 12.6. The van der Waals surface area contributed by atoms with Gasteiger partial charge in [0.05, 0.1) is 12.8 Å². The number of amides is 2. The molecule has 1 N–H and O–H groups in total. The molecule has 1 aliphatic heterocycles. The third-order valence-corrected chi connectivity index (χ3v) is 5.09. The van der Waals surface area contributed by atoms with Crippen LogP contribution in [0.15, 0.2) is 48.7 Å². The zero-order chi connectivity index (χ0) is 19.5. The first-order valence-electron chi connectivity index (χ1n) is 8.78. The van der Waals surface area contributed by atoms with E-state index in [1.54, 1.807) is 19.2 Å². The zero-order valence-electron chi connectivity index (χ0n) is 15.1. The minimum atomic E-state index is -0.382. The predicted molar refractivity (Wildman–Crippen MR) is 106 cm³/mol.